The van der Waals surface area contributed by atoms with Crippen molar-refractivity contribution in [3.05, 3.63) is 64.0 Å². The highest BCUT2D eigenvalue weighted by Gasteiger charge is 2.31. The van der Waals surface area contributed by atoms with Gasteiger partial charge in [-0.15, -0.1) is 0 Å². The number of carbonyl (C=O) groups excluding carboxylic acids is 1. The molecule has 7 heteroatoms. The van der Waals surface area contributed by atoms with E-state index in [0.29, 0.717) is 6.54 Å². The highest BCUT2D eigenvalue weighted by atomic mass is 16.6. The van der Waals surface area contributed by atoms with Crippen LogP contribution in [-0.2, 0) is 0 Å². The molecule has 2 heterocycles. The Balaban J connectivity index is 1.91. The van der Waals surface area contributed by atoms with E-state index in [1.165, 1.54) is 12.1 Å². The Hall–Kier alpha value is -2.96. The summed E-state index contributed by atoms with van der Waals surface area (Å²) in [5.74, 6) is -0.717. The van der Waals surface area contributed by atoms with Crippen molar-refractivity contribution in [1.29, 1.82) is 0 Å². The van der Waals surface area contributed by atoms with Crippen LogP contribution in [0.25, 0.3) is 0 Å². The molecule has 7 nitrogen and oxygen atoms in total. The molecule has 1 saturated heterocycles. The first-order valence-electron chi connectivity index (χ1n) is 7.26. The molecule has 1 amide bonds. The number of amides is 1. The van der Waals surface area contributed by atoms with Crippen LogP contribution < -0.4 is 0 Å². The molecule has 1 atom stereocenters. The van der Waals surface area contributed by atoms with Gasteiger partial charge in [0.2, 0.25) is 0 Å². The second kappa shape index (κ2) is 6.04. The second-order valence-corrected chi connectivity index (χ2v) is 5.40. The van der Waals surface area contributed by atoms with Gasteiger partial charge in [0.25, 0.3) is 5.91 Å². The van der Waals surface area contributed by atoms with Gasteiger partial charge in [0, 0.05) is 30.6 Å². The summed E-state index contributed by atoms with van der Waals surface area (Å²) in [6.07, 6.45) is 5.08. The Morgan fingerprint density at radius 1 is 1.30 bits per heavy atom. The van der Waals surface area contributed by atoms with Crippen LogP contribution in [0.15, 0.2) is 42.7 Å². The van der Waals surface area contributed by atoms with E-state index in [1.54, 1.807) is 17.3 Å². The molecule has 118 valence electrons. The molecule has 1 unspecified atom stereocenters. The molecule has 0 radical (unpaired) electrons. The third-order valence-electron chi connectivity index (χ3n) is 4.02. The van der Waals surface area contributed by atoms with Gasteiger partial charge in [0.1, 0.15) is 0 Å². The molecule has 1 aliphatic heterocycles. The Morgan fingerprint density at radius 2 is 2.04 bits per heavy atom. The fourth-order valence-corrected chi connectivity index (χ4v) is 2.91. The van der Waals surface area contributed by atoms with Gasteiger partial charge in [-0.25, -0.2) is 0 Å². The molecule has 0 spiro atoms. The number of aromatic nitrogens is 1. The summed E-state index contributed by atoms with van der Waals surface area (Å²) >= 11 is 0. The van der Waals surface area contributed by atoms with E-state index in [-0.39, 0.29) is 17.5 Å². The third-order valence-corrected chi connectivity index (χ3v) is 4.02. The van der Waals surface area contributed by atoms with Gasteiger partial charge in [0.05, 0.1) is 11.0 Å². The van der Waals surface area contributed by atoms with Crippen LogP contribution >= 0.6 is 0 Å². The van der Waals surface area contributed by atoms with Gasteiger partial charge in [0.15, 0.2) is 5.75 Å². The van der Waals surface area contributed by atoms with Gasteiger partial charge >= 0.3 is 5.69 Å². The maximum absolute atomic E-state index is 12.7. The topological polar surface area (TPSA) is 96.6 Å². The van der Waals surface area contributed by atoms with Crippen molar-refractivity contribution in [3.63, 3.8) is 0 Å². The first kappa shape index (κ1) is 15.0. The van der Waals surface area contributed by atoms with Crippen LogP contribution in [0.1, 0.15) is 34.8 Å². The molecule has 1 aliphatic rings. The summed E-state index contributed by atoms with van der Waals surface area (Å²) in [6, 6.07) is 7.40. The summed E-state index contributed by atoms with van der Waals surface area (Å²) in [5.41, 5.74) is 0.741. The van der Waals surface area contributed by atoms with E-state index < -0.39 is 16.4 Å². The lowest BCUT2D eigenvalue weighted by Gasteiger charge is -2.25. The minimum atomic E-state index is -0.698. The number of carbonyl (C=O) groups is 1. The van der Waals surface area contributed by atoms with E-state index >= 15 is 0 Å². The van der Waals surface area contributed by atoms with Gasteiger partial charge in [-0.1, -0.05) is 0 Å². The molecular formula is C16H15N3O4. The maximum atomic E-state index is 12.7. The average Bonchev–Trinajstić information content (AvgIpc) is 3.04. The standard InChI is InChI=1S/C16H15N3O4/c20-15-4-3-12(10-14(15)19(22)23)16(21)18-9-1-2-13(18)11-5-7-17-8-6-11/h3-8,10,13,20H,1-2,9H2. The highest BCUT2D eigenvalue weighted by Crippen LogP contribution is 2.34. The number of aromatic hydroxyl groups is 1. The van der Waals surface area contributed by atoms with E-state index in [4.69, 9.17) is 0 Å². The second-order valence-electron chi connectivity index (χ2n) is 5.40. The zero-order valence-electron chi connectivity index (χ0n) is 12.3. The zero-order valence-corrected chi connectivity index (χ0v) is 12.3. The molecule has 0 bridgehead atoms. The number of phenols is 1. The minimum absolute atomic E-state index is 0.0571. The van der Waals surface area contributed by atoms with Crippen LogP contribution in [0, 0.1) is 10.1 Å². The van der Waals surface area contributed by atoms with Crippen LogP contribution in [0.2, 0.25) is 0 Å². The Labute approximate surface area is 132 Å². The van der Waals surface area contributed by atoms with E-state index in [2.05, 4.69) is 4.98 Å². The largest absolute Gasteiger partial charge is 0.502 e. The molecule has 23 heavy (non-hydrogen) atoms. The maximum Gasteiger partial charge on any atom is 0.311 e. The minimum Gasteiger partial charge on any atom is -0.502 e. The summed E-state index contributed by atoms with van der Waals surface area (Å²) in [4.78, 5) is 28.6. The number of benzene rings is 1. The van der Waals surface area contributed by atoms with Crippen molar-refractivity contribution < 1.29 is 14.8 Å². The van der Waals surface area contributed by atoms with Crippen molar-refractivity contribution in [2.45, 2.75) is 18.9 Å². The van der Waals surface area contributed by atoms with Gasteiger partial charge in [-0.2, -0.15) is 0 Å². The summed E-state index contributed by atoms with van der Waals surface area (Å²) in [5, 5.41) is 20.4. The van der Waals surface area contributed by atoms with Crippen molar-refractivity contribution in [2.75, 3.05) is 6.54 Å². The number of likely N-dealkylation sites (tertiary alicyclic amines) is 1. The van der Waals surface area contributed by atoms with Crippen LogP contribution in [-0.4, -0.2) is 32.4 Å². The third kappa shape index (κ3) is 2.85. The summed E-state index contributed by atoms with van der Waals surface area (Å²) < 4.78 is 0. The van der Waals surface area contributed by atoms with Gasteiger partial charge in [-0.3, -0.25) is 19.9 Å². The Kier molecular flexibility index (Phi) is 3.92. The molecular weight excluding hydrogens is 298 g/mol. The zero-order chi connectivity index (χ0) is 16.4. The fourth-order valence-electron chi connectivity index (χ4n) is 2.91. The molecule has 1 fully saturated rings. The number of nitro benzene ring substituents is 1. The molecule has 1 aromatic heterocycles. The number of hydrogen-bond donors (Lipinski definition) is 1. The van der Waals surface area contributed by atoms with Crippen LogP contribution in [0.3, 0.4) is 0 Å². The van der Waals surface area contributed by atoms with Crippen molar-refractivity contribution in [1.82, 2.24) is 9.88 Å². The van der Waals surface area contributed by atoms with E-state index in [0.717, 1.165) is 24.5 Å². The van der Waals surface area contributed by atoms with E-state index in [9.17, 15) is 20.0 Å². The van der Waals surface area contributed by atoms with Crippen LogP contribution in [0.4, 0.5) is 5.69 Å². The molecule has 2 aromatic rings. The van der Waals surface area contributed by atoms with E-state index in [1.807, 2.05) is 12.1 Å². The number of rotatable bonds is 3. The first-order valence-corrected chi connectivity index (χ1v) is 7.26. The predicted octanol–water partition coefficient (Wildman–Crippen LogP) is 2.67. The number of nitrogens with zero attached hydrogens (tertiary/aromatic N) is 3. The monoisotopic (exact) mass is 313 g/mol. The summed E-state index contributed by atoms with van der Waals surface area (Å²) in [6.45, 7) is 0.598. The average molecular weight is 313 g/mol. The van der Waals surface area contributed by atoms with Gasteiger partial charge < -0.3 is 10.0 Å². The lowest BCUT2D eigenvalue weighted by Crippen LogP contribution is -2.30. The summed E-state index contributed by atoms with van der Waals surface area (Å²) in [7, 11) is 0. The SMILES string of the molecule is O=C(c1ccc(O)c([N+](=O)[O-])c1)N1CCCC1c1ccncc1. The van der Waals surface area contributed by atoms with Crippen LogP contribution in [0.5, 0.6) is 5.75 Å². The molecule has 0 aliphatic carbocycles. The van der Waals surface area contributed by atoms with Crippen molar-refractivity contribution in [3.8, 4) is 5.75 Å². The Bertz CT molecular complexity index is 748. The van der Waals surface area contributed by atoms with Gasteiger partial charge in [-0.05, 0) is 42.7 Å². The molecule has 1 aromatic carbocycles. The number of nitro groups is 1. The highest BCUT2D eigenvalue weighted by molar-refractivity contribution is 5.95. The molecule has 3 rings (SSSR count). The van der Waals surface area contributed by atoms with Crippen molar-refractivity contribution in [2.24, 2.45) is 0 Å². The lowest BCUT2D eigenvalue weighted by molar-refractivity contribution is -0.385. The predicted molar refractivity (Wildman–Crippen MR) is 82.0 cm³/mol. The fraction of sp³-hybridized carbons (Fsp3) is 0.250. The first-order chi connectivity index (χ1) is 11.1. The number of hydrogen-bond acceptors (Lipinski definition) is 5. The number of pyridine rings is 1. The quantitative estimate of drug-likeness (QED) is 0.694. The number of phenolic OH excluding ortho intramolecular Hbond substituents is 1. The normalized spacial score (nSPS) is 17.2. The van der Waals surface area contributed by atoms with Crippen molar-refractivity contribution >= 4 is 11.6 Å². The smallest absolute Gasteiger partial charge is 0.311 e. The molecule has 1 N–H and O–H groups in total. The molecule has 0 saturated carbocycles. The Morgan fingerprint density at radius 3 is 2.74 bits per heavy atom. The lowest BCUT2D eigenvalue weighted by atomic mass is 10.1.